The second-order valence-electron chi connectivity index (χ2n) is 4.62. The van der Waals surface area contributed by atoms with Gasteiger partial charge < -0.3 is 14.9 Å². The molecule has 19 heavy (non-hydrogen) atoms. The molecule has 0 amide bonds. The van der Waals surface area contributed by atoms with Gasteiger partial charge in [0.15, 0.2) is 0 Å². The minimum Gasteiger partial charge on any atom is -0.508 e. The molecule has 1 aromatic carbocycles. The van der Waals surface area contributed by atoms with E-state index in [0.717, 1.165) is 5.69 Å². The zero-order valence-corrected chi connectivity index (χ0v) is 11.3. The van der Waals surface area contributed by atoms with E-state index in [4.69, 9.17) is 4.74 Å². The third-order valence-corrected chi connectivity index (χ3v) is 2.94. The highest BCUT2D eigenvalue weighted by molar-refractivity contribution is 5.44. The first-order valence-corrected chi connectivity index (χ1v) is 6.14. The number of methoxy groups -OCH3 is 1. The maximum absolute atomic E-state index is 9.55. The Morgan fingerprint density at radius 3 is 2.63 bits per heavy atom. The summed E-state index contributed by atoms with van der Waals surface area (Å²) in [5.74, 6) is 0.832. The van der Waals surface area contributed by atoms with Crippen LogP contribution in [0.1, 0.15) is 31.0 Å². The standard InChI is InChI=1S/C14H18N2O3/c1-9(2)13-12(8-17)14(19-3)16(15-13)10-5-4-6-11(18)7-10/h4-7,9,17-18H,8H2,1-3H3. The number of phenolic OH excluding ortho intramolecular Hbond substituents is 1. The van der Waals surface area contributed by atoms with Gasteiger partial charge in [0.25, 0.3) is 0 Å². The zero-order chi connectivity index (χ0) is 14.0. The lowest BCUT2D eigenvalue weighted by atomic mass is 10.1. The molecule has 5 nitrogen and oxygen atoms in total. The number of hydrogen-bond donors (Lipinski definition) is 2. The molecule has 0 aliphatic rings. The highest BCUT2D eigenvalue weighted by Gasteiger charge is 2.21. The molecular weight excluding hydrogens is 244 g/mol. The molecule has 2 rings (SSSR count). The highest BCUT2D eigenvalue weighted by atomic mass is 16.5. The Hall–Kier alpha value is -2.01. The SMILES string of the molecule is COc1c(CO)c(C(C)C)nn1-c1cccc(O)c1. The van der Waals surface area contributed by atoms with Crippen LogP contribution < -0.4 is 4.74 Å². The molecule has 2 N–H and O–H groups in total. The smallest absolute Gasteiger partial charge is 0.222 e. The van der Waals surface area contributed by atoms with Gasteiger partial charge in [-0.2, -0.15) is 5.10 Å². The fourth-order valence-corrected chi connectivity index (χ4v) is 2.07. The Morgan fingerprint density at radius 2 is 2.11 bits per heavy atom. The van der Waals surface area contributed by atoms with Crippen LogP contribution in [0.2, 0.25) is 0 Å². The fraction of sp³-hybridized carbons (Fsp3) is 0.357. The normalized spacial score (nSPS) is 11.0. The largest absolute Gasteiger partial charge is 0.508 e. The van der Waals surface area contributed by atoms with E-state index in [0.29, 0.717) is 17.1 Å². The van der Waals surface area contributed by atoms with E-state index in [9.17, 15) is 10.2 Å². The van der Waals surface area contributed by atoms with Crippen molar-refractivity contribution in [3.63, 3.8) is 0 Å². The van der Waals surface area contributed by atoms with E-state index in [1.54, 1.807) is 30.0 Å². The number of nitrogens with zero attached hydrogens (tertiary/aromatic N) is 2. The van der Waals surface area contributed by atoms with Crippen molar-refractivity contribution in [3.8, 4) is 17.3 Å². The van der Waals surface area contributed by atoms with Gasteiger partial charge >= 0.3 is 0 Å². The Labute approximate surface area is 112 Å². The average molecular weight is 262 g/mol. The molecule has 0 radical (unpaired) electrons. The third kappa shape index (κ3) is 2.42. The van der Waals surface area contributed by atoms with E-state index >= 15 is 0 Å². The number of hydrogen-bond acceptors (Lipinski definition) is 4. The second-order valence-corrected chi connectivity index (χ2v) is 4.62. The first-order valence-electron chi connectivity index (χ1n) is 6.14. The van der Waals surface area contributed by atoms with E-state index in [-0.39, 0.29) is 18.3 Å². The van der Waals surface area contributed by atoms with Crippen LogP contribution >= 0.6 is 0 Å². The van der Waals surface area contributed by atoms with E-state index in [1.165, 1.54) is 0 Å². The summed E-state index contributed by atoms with van der Waals surface area (Å²) in [6.45, 7) is 3.89. The van der Waals surface area contributed by atoms with Crippen molar-refractivity contribution >= 4 is 0 Å². The monoisotopic (exact) mass is 262 g/mol. The van der Waals surface area contributed by atoms with Gasteiger partial charge in [-0.15, -0.1) is 0 Å². The Balaban J connectivity index is 2.63. The Bertz CT molecular complexity index is 576. The molecule has 0 spiro atoms. The molecule has 1 heterocycles. The van der Waals surface area contributed by atoms with Crippen LogP contribution in [0.25, 0.3) is 5.69 Å². The average Bonchev–Trinajstić information content (AvgIpc) is 2.77. The van der Waals surface area contributed by atoms with Crippen molar-refractivity contribution in [2.75, 3.05) is 7.11 Å². The molecule has 5 heteroatoms. The number of aromatic nitrogens is 2. The minimum absolute atomic E-state index is 0.129. The maximum Gasteiger partial charge on any atom is 0.222 e. The molecule has 0 bridgehead atoms. The quantitative estimate of drug-likeness (QED) is 0.886. The van der Waals surface area contributed by atoms with Crippen LogP contribution in [-0.4, -0.2) is 27.1 Å². The van der Waals surface area contributed by atoms with Gasteiger partial charge in [-0.1, -0.05) is 19.9 Å². The summed E-state index contributed by atoms with van der Waals surface area (Å²) < 4.78 is 6.95. The van der Waals surface area contributed by atoms with Crippen LogP contribution in [0.15, 0.2) is 24.3 Å². The van der Waals surface area contributed by atoms with Gasteiger partial charge in [0.2, 0.25) is 5.88 Å². The first-order chi connectivity index (χ1) is 9.08. The maximum atomic E-state index is 9.55. The summed E-state index contributed by atoms with van der Waals surface area (Å²) in [7, 11) is 1.54. The molecule has 0 atom stereocenters. The molecule has 102 valence electrons. The Morgan fingerprint density at radius 1 is 1.37 bits per heavy atom. The number of rotatable bonds is 4. The highest BCUT2D eigenvalue weighted by Crippen LogP contribution is 2.30. The van der Waals surface area contributed by atoms with Gasteiger partial charge in [-0.25, -0.2) is 4.68 Å². The molecule has 2 aromatic rings. The molecule has 0 saturated heterocycles. The van der Waals surface area contributed by atoms with Crippen LogP contribution in [0.4, 0.5) is 0 Å². The molecule has 0 unspecified atom stereocenters. The second kappa shape index (κ2) is 5.32. The topological polar surface area (TPSA) is 67.5 Å². The fourth-order valence-electron chi connectivity index (χ4n) is 2.07. The lowest BCUT2D eigenvalue weighted by Crippen LogP contribution is -2.00. The first kappa shape index (κ1) is 13.4. The number of aliphatic hydroxyl groups is 1. The van der Waals surface area contributed by atoms with Gasteiger partial charge in [-0.3, -0.25) is 0 Å². The molecule has 0 saturated carbocycles. The summed E-state index contributed by atoms with van der Waals surface area (Å²) >= 11 is 0. The predicted octanol–water partition coefficient (Wildman–Crippen LogP) is 2.20. The van der Waals surface area contributed by atoms with Crippen molar-refractivity contribution in [2.24, 2.45) is 0 Å². The Kier molecular flexibility index (Phi) is 3.76. The lowest BCUT2D eigenvalue weighted by Gasteiger charge is -2.07. The minimum atomic E-state index is -0.129. The lowest BCUT2D eigenvalue weighted by molar-refractivity contribution is 0.270. The van der Waals surface area contributed by atoms with Crippen LogP contribution in [-0.2, 0) is 6.61 Å². The van der Waals surface area contributed by atoms with Gasteiger partial charge in [-0.05, 0) is 18.1 Å². The number of aromatic hydroxyl groups is 1. The summed E-state index contributed by atoms with van der Waals surface area (Å²) in [5.41, 5.74) is 2.17. The molecule has 1 aromatic heterocycles. The van der Waals surface area contributed by atoms with E-state index in [1.807, 2.05) is 19.9 Å². The molecule has 0 aliphatic carbocycles. The van der Waals surface area contributed by atoms with Gasteiger partial charge in [0, 0.05) is 6.07 Å². The van der Waals surface area contributed by atoms with Crippen molar-refractivity contribution in [1.82, 2.24) is 9.78 Å². The summed E-state index contributed by atoms with van der Waals surface area (Å²) in [4.78, 5) is 0. The number of benzene rings is 1. The summed E-state index contributed by atoms with van der Waals surface area (Å²) in [6, 6.07) is 6.75. The predicted molar refractivity (Wildman–Crippen MR) is 71.8 cm³/mol. The number of ether oxygens (including phenoxy) is 1. The van der Waals surface area contributed by atoms with Gasteiger partial charge in [0.05, 0.1) is 30.7 Å². The number of aliphatic hydroxyl groups excluding tert-OH is 1. The zero-order valence-electron chi connectivity index (χ0n) is 11.3. The summed E-state index contributed by atoms with van der Waals surface area (Å²) in [6.07, 6.45) is 0. The van der Waals surface area contributed by atoms with Crippen molar-refractivity contribution in [1.29, 1.82) is 0 Å². The number of phenols is 1. The molecule has 0 fully saturated rings. The molecule has 0 aliphatic heterocycles. The summed E-state index contributed by atoms with van der Waals surface area (Å²) in [5, 5.41) is 23.5. The molecular formula is C14H18N2O3. The van der Waals surface area contributed by atoms with Crippen molar-refractivity contribution < 1.29 is 14.9 Å². The third-order valence-electron chi connectivity index (χ3n) is 2.94. The van der Waals surface area contributed by atoms with Crippen LogP contribution in [0, 0.1) is 0 Å². The van der Waals surface area contributed by atoms with Crippen molar-refractivity contribution in [3.05, 3.63) is 35.5 Å². The van der Waals surface area contributed by atoms with Crippen LogP contribution in [0.3, 0.4) is 0 Å². The van der Waals surface area contributed by atoms with Gasteiger partial charge in [0.1, 0.15) is 5.75 Å². The van der Waals surface area contributed by atoms with Crippen LogP contribution in [0.5, 0.6) is 11.6 Å². The van der Waals surface area contributed by atoms with E-state index in [2.05, 4.69) is 5.10 Å². The van der Waals surface area contributed by atoms with Crippen molar-refractivity contribution in [2.45, 2.75) is 26.4 Å². The van der Waals surface area contributed by atoms with E-state index < -0.39 is 0 Å².